The van der Waals surface area contributed by atoms with Crippen molar-refractivity contribution in [1.82, 2.24) is 9.80 Å². The van der Waals surface area contributed by atoms with Gasteiger partial charge in [-0.3, -0.25) is 9.59 Å². The van der Waals surface area contributed by atoms with Crippen LogP contribution < -0.4 is 0 Å². The predicted molar refractivity (Wildman–Crippen MR) is 105 cm³/mol. The first-order chi connectivity index (χ1) is 13.4. The van der Waals surface area contributed by atoms with Gasteiger partial charge in [-0.2, -0.15) is 0 Å². The van der Waals surface area contributed by atoms with E-state index in [2.05, 4.69) is 19.1 Å². The number of rotatable bonds is 4. The number of aryl methyl sites for hydroxylation is 2. The summed E-state index contributed by atoms with van der Waals surface area (Å²) in [7, 11) is 1.79. The number of morpholine rings is 1. The summed E-state index contributed by atoms with van der Waals surface area (Å²) in [5.74, 6) is 1.74. The lowest BCUT2D eigenvalue weighted by Crippen LogP contribution is -2.54. The molecule has 1 spiro atoms. The van der Waals surface area contributed by atoms with E-state index in [0.29, 0.717) is 32.5 Å². The monoisotopic (exact) mass is 382 g/mol. The van der Waals surface area contributed by atoms with E-state index < -0.39 is 5.60 Å². The summed E-state index contributed by atoms with van der Waals surface area (Å²) in [6.07, 6.45) is 1.76. The van der Waals surface area contributed by atoms with Crippen LogP contribution in [-0.4, -0.2) is 60.5 Å². The Morgan fingerprint density at radius 2 is 1.93 bits per heavy atom. The van der Waals surface area contributed by atoms with Crippen LogP contribution in [0, 0.1) is 6.92 Å². The Labute approximate surface area is 165 Å². The van der Waals surface area contributed by atoms with Crippen LogP contribution in [0.2, 0.25) is 0 Å². The molecule has 2 aliphatic rings. The molecule has 2 aromatic rings. The van der Waals surface area contributed by atoms with Crippen LogP contribution in [-0.2, 0) is 20.7 Å². The fourth-order valence-corrected chi connectivity index (χ4v) is 3.97. The summed E-state index contributed by atoms with van der Waals surface area (Å²) < 4.78 is 11.7. The Morgan fingerprint density at radius 3 is 2.68 bits per heavy atom. The lowest BCUT2D eigenvalue weighted by molar-refractivity contribution is -0.159. The van der Waals surface area contributed by atoms with Crippen molar-refractivity contribution in [2.24, 2.45) is 0 Å². The Kier molecular flexibility index (Phi) is 4.98. The first-order valence-corrected chi connectivity index (χ1v) is 9.76. The van der Waals surface area contributed by atoms with Gasteiger partial charge < -0.3 is 19.0 Å². The predicted octanol–water partition coefficient (Wildman–Crippen LogP) is 2.65. The molecule has 0 saturated carbocycles. The number of nitrogens with zero attached hydrogens (tertiary/aromatic N) is 2. The van der Waals surface area contributed by atoms with Crippen molar-refractivity contribution in [2.45, 2.75) is 31.8 Å². The zero-order valence-corrected chi connectivity index (χ0v) is 16.4. The number of likely N-dealkylation sites (tertiary alicyclic amines) is 1. The highest BCUT2D eigenvalue weighted by molar-refractivity contribution is 5.79. The van der Waals surface area contributed by atoms with Gasteiger partial charge in [0.25, 0.3) is 0 Å². The van der Waals surface area contributed by atoms with Gasteiger partial charge in [-0.05, 0) is 25.5 Å². The van der Waals surface area contributed by atoms with Gasteiger partial charge >= 0.3 is 0 Å². The standard InChI is InChI=1S/C22H26N2O4/c1-16-3-5-17(6-4-16)19-9-7-18(28-19)8-10-20(25)24-12-11-22(15-24)14-23(2)21(26)13-27-22/h3-7,9H,8,10-15H2,1-2H3/t22-/m1/s1. The highest BCUT2D eigenvalue weighted by atomic mass is 16.5. The van der Waals surface area contributed by atoms with Gasteiger partial charge in [0.1, 0.15) is 23.7 Å². The maximum absolute atomic E-state index is 12.7. The van der Waals surface area contributed by atoms with Crippen LogP contribution in [0.1, 0.15) is 24.2 Å². The highest BCUT2D eigenvalue weighted by Crippen LogP contribution is 2.30. The summed E-state index contributed by atoms with van der Waals surface area (Å²) in [5.41, 5.74) is 1.85. The van der Waals surface area contributed by atoms with E-state index in [0.717, 1.165) is 23.5 Å². The largest absolute Gasteiger partial charge is 0.461 e. The number of carbonyl (C=O) groups is 2. The molecule has 2 saturated heterocycles. The van der Waals surface area contributed by atoms with Crippen LogP contribution in [0.25, 0.3) is 11.3 Å². The minimum atomic E-state index is -0.401. The van der Waals surface area contributed by atoms with Gasteiger partial charge in [-0.25, -0.2) is 0 Å². The average molecular weight is 382 g/mol. The number of carbonyl (C=O) groups excluding carboxylic acids is 2. The molecular weight excluding hydrogens is 356 g/mol. The van der Waals surface area contributed by atoms with Crippen molar-refractivity contribution in [3.05, 3.63) is 47.7 Å². The zero-order chi connectivity index (χ0) is 19.7. The molecule has 1 aromatic heterocycles. The minimum absolute atomic E-state index is 0.00222. The van der Waals surface area contributed by atoms with E-state index in [1.807, 2.05) is 29.2 Å². The van der Waals surface area contributed by atoms with Crippen LogP contribution in [0.4, 0.5) is 0 Å². The molecule has 0 N–H and O–H groups in total. The van der Waals surface area contributed by atoms with Crippen LogP contribution in [0.5, 0.6) is 0 Å². The Hall–Kier alpha value is -2.60. The molecule has 148 valence electrons. The normalized spacial score (nSPS) is 22.3. The molecule has 0 unspecified atom stereocenters. The van der Waals surface area contributed by atoms with Gasteiger partial charge in [0.15, 0.2) is 0 Å². The molecule has 4 rings (SSSR count). The summed E-state index contributed by atoms with van der Waals surface area (Å²) >= 11 is 0. The van der Waals surface area contributed by atoms with E-state index in [4.69, 9.17) is 9.15 Å². The average Bonchev–Trinajstić information content (AvgIpc) is 3.32. The second kappa shape index (κ2) is 7.43. The maximum Gasteiger partial charge on any atom is 0.248 e. The third kappa shape index (κ3) is 3.83. The van der Waals surface area contributed by atoms with Gasteiger partial charge in [0, 0.05) is 32.0 Å². The van der Waals surface area contributed by atoms with Crippen LogP contribution in [0.15, 0.2) is 40.8 Å². The van der Waals surface area contributed by atoms with Crippen LogP contribution in [0.3, 0.4) is 0 Å². The molecule has 0 radical (unpaired) electrons. The Morgan fingerprint density at radius 1 is 1.14 bits per heavy atom. The quantitative estimate of drug-likeness (QED) is 0.816. The lowest BCUT2D eigenvalue weighted by atomic mass is 10.0. The van der Waals surface area contributed by atoms with Crippen molar-refractivity contribution in [2.75, 3.05) is 33.3 Å². The molecule has 2 aliphatic heterocycles. The third-order valence-corrected chi connectivity index (χ3v) is 5.70. The molecule has 2 fully saturated rings. The van der Waals surface area contributed by atoms with Gasteiger partial charge in [0.2, 0.25) is 11.8 Å². The topological polar surface area (TPSA) is 63.0 Å². The van der Waals surface area contributed by atoms with Crippen LogP contribution >= 0.6 is 0 Å². The molecule has 1 atom stereocenters. The van der Waals surface area contributed by atoms with E-state index in [9.17, 15) is 9.59 Å². The molecule has 0 aliphatic carbocycles. The first-order valence-electron chi connectivity index (χ1n) is 9.76. The van der Waals surface area contributed by atoms with Crippen molar-refractivity contribution in [1.29, 1.82) is 0 Å². The van der Waals surface area contributed by atoms with Crippen molar-refractivity contribution in [3.8, 4) is 11.3 Å². The summed E-state index contributed by atoms with van der Waals surface area (Å²) in [5, 5.41) is 0. The number of likely N-dealkylation sites (N-methyl/N-ethyl adjacent to an activating group) is 1. The molecule has 6 nitrogen and oxygen atoms in total. The molecule has 1 aromatic carbocycles. The fraction of sp³-hybridized carbons (Fsp3) is 0.455. The Bertz CT molecular complexity index is 873. The SMILES string of the molecule is Cc1ccc(-c2ccc(CCC(=O)N3CC[C@@]4(CN(C)C(=O)CO4)C3)o2)cc1. The smallest absolute Gasteiger partial charge is 0.248 e. The third-order valence-electron chi connectivity index (χ3n) is 5.70. The summed E-state index contributed by atoms with van der Waals surface area (Å²) in [4.78, 5) is 27.8. The number of furan rings is 1. The van der Waals surface area contributed by atoms with Gasteiger partial charge in [-0.1, -0.05) is 29.8 Å². The van der Waals surface area contributed by atoms with Gasteiger partial charge in [-0.15, -0.1) is 0 Å². The molecule has 28 heavy (non-hydrogen) atoms. The van der Waals surface area contributed by atoms with Crippen molar-refractivity contribution >= 4 is 11.8 Å². The number of hydrogen-bond donors (Lipinski definition) is 0. The second-order valence-electron chi connectivity index (χ2n) is 7.92. The molecule has 3 heterocycles. The second-order valence-corrected chi connectivity index (χ2v) is 7.92. The number of hydrogen-bond acceptors (Lipinski definition) is 4. The fourth-order valence-electron chi connectivity index (χ4n) is 3.97. The molecule has 0 bridgehead atoms. The first kappa shape index (κ1) is 18.7. The van der Waals surface area contributed by atoms with E-state index >= 15 is 0 Å². The van der Waals surface area contributed by atoms with Crippen molar-refractivity contribution < 1.29 is 18.7 Å². The summed E-state index contributed by atoms with van der Waals surface area (Å²) in [6, 6.07) is 12.1. The number of ether oxygens (including phenoxy) is 1. The molecule has 2 amide bonds. The zero-order valence-electron chi connectivity index (χ0n) is 16.4. The van der Waals surface area contributed by atoms with Gasteiger partial charge in [0.05, 0.1) is 13.1 Å². The highest BCUT2D eigenvalue weighted by Gasteiger charge is 2.45. The van der Waals surface area contributed by atoms with E-state index in [-0.39, 0.29) is 18.4 Å². The molecule has 6 heteroatoms. The van der Waals surface area contributed by atoms with E-state index in [1.54, 1.807) is 11.9 Å². The van der Waals surface area contributed by atoms with E-state index in [1.165, 1.54) is 5.56 Å². The minimum Gasteiger partial charge on any atom is -0.461 e. The Balaban J connectivity index is 1.32. The number of benzene rings is 1. The number of amides is 2. The molecular formula is C22H26N2O4. The summed E-state index contributed by atoms with van der Waals surface area (Å²) in [6.45, 7) is 3.93. The van der Waals surface area contributed by atoms with Crippen molar-refractivity contribution in [3.63, 3.8) is 0 Å². The lowest BCUT2D eigenvalue weighted by Gasteiger charge is -2.38. The maximum atomic E-state index is 12.7.